The smallest absolute Gasteiger partial charge is 0.00955 e. The standard InChI is InChI=1S/C9H18S/c1-7-5-4-6-8(2)9(7)10-3/h7-9H,4-6H2,1-3H3. The Morgan fingerprint density at radius 3 is 1.90 bits per heavy atom. The van der Waals surface area contributed by atoms with Crippen LogP contribution in [0.2, 0.25) is 0 Å². The van der Waals surface area contributed by atoms with Gasteiger partial charge in [-0.05, 0) is 30.9 Å². The van der Waals surface area contributed by atoms with Crippen LogP contribution in [0.25, 0.3) is 0 Å². The van der Waals surface area contributed by atoms with Crippen LogP contribution in [-0.4, -0.2) is 11.5 Å². The number of rotatable bonds is 1. The van der Waals surface area contributed by atoms with Gasteiger partial charge in [0.05, 0.1) is 0 Å². The molecular formula is C9H18S. The molecule has 1 aliphatic carbocycles. The van der Waals surface area contributed by atoms with E-state index < -0.39 is 0 Å². The summed E-state index contributed by atoms with van der Waals surface area (Å²) in [5.41, 5.74) is 0. The van der Waals surface area contributed by atoms with Crippen LogP contribution in [0.3, 0.4) is 0 Å². The second-order valence-electron chi connectivity index (χ2n) is 3.59. The van der Waals surface area contributed by atoms with Gasteiger partial charge in [0, 0.05) is 5.25 Å². The second kappa shape index (κ2) is 3.66. The molecule has 60 valence electrons. The van der Waals surface area contributed by atoms with Crippen molar-refractivity contribution in [1.29, 1.82) is 0 Å². The monoisotopic (exact) mass is 158 g/mol. The Balaban J connectivity index is 2.45. The van der Waals surface area contributed by atoms with Gasteiger partial charge in [0.2, 0.25) is 0 Å². The zero-order valence-electron chi connectivity index (χ0n) is 7.26. The van der Waals surface area contributed by atoms with Crippen molar-refractivity contribution in [2.24, 2.45) is 11.8 Å². The topological polar surface area (TPSA) is 0 Å². The molecule has 1 saturated carbocycles. The van der Waals surface area contributed by atoms with E-state index in [1.807, 2.05) is 0 Å². The van der Waals surface area contributed by atoms with Crippen molar-refractivity contribution < 1.29 is 0 Å². The Labute approximate surface area is 68.8 Å². The summed E-state index contributed by atoms with van der Waals surface area (Å²) in [7, 11) is 0. The molecule has 1 rings (SSSR count). The fourth-order valence-corrected chi connectivity index (χ4v) is 3.32. The van der Waals surface area contributed by atoms with Crippen molar-refractivity contribution in [3.63, 3.8) is 0 Å². The van der Waals surface area contributed by atoms with Gasteiger partial charge in [0.25, 0.3) is 0 Å². The number of hydrogen-bond acceptors (Lipinski definition) is 1. The van der Waals surface area contributed by atoms with Crippen LogP contribution in [0.1, 0.15) is 33.1 Å². The Morgan fingerprint density at radius 1 is 1.10 bits per heavy atom. The van der Waals surface area contributed by atoms with Crippen molar-refractivity contribution in [3.8, 4) is 0 Å². The van der Waals surface area contributed by atoms with Gasteiger partial charge in [-0.3, -0.25) is 0 Å². The highest BCUT2D eigenvalue weighted by Crippen LogP contribution is 2.35. The summed E-state index contributed by atoms with van der Waals surface area (Å²) in [6, 6.07) is 0. The van der Waals surface area contributed by atoms with Crippen molar-refractivity contribution in [3.05, 3.63) is 0 Å². The highest BCUT2D eigenvalue weighted by molar-refractivity contribution is 7.99. The van der Waals surface area contributed by atoms with E-state index in [2.05, 4.69) is 31.9 Å². The van der Waals surface area contributed by atoms with Gasteiger partial charge in [-0.25, -0.2) is 0 Å². The van der Waals surface area contributed by atoms with Crippen LogP contribution in [0, 0.1) is 11.8 Å². The predicted molar refractivity (Wildman–Crippen MR) is 49.5 cm³/mol. The number of thioether (sulfide) groups is 1. The Morgan fingerprint density at radius 2 is 1.60 bits per heavy atom. The summed E-state index contributed by atoms with van der Waals surface area (Å²) in [6.07, 6.45) is 6.62. The quantitative estimate of drug-likeness (QED) is 0.565. The first-order chi connectivity index (χ1) is 4.75. The lowest BCUT2D eigenvalue weighted by atomic mass is 9.83. The molecule has 2 unspecified atom stereocenters. The lowest BCUT2D eigenvalue weighted by Crippen LogP contribution is -2.26. The first kappa shape index (κ1) is 8.45. The average Bonchev–Trinajstić information content (AvgIpc) is 1.88. The first-order valence-electron chi connectivity index (χ1n) is 4.28. The predicted octanol–water partition coefficient (Wildman–Crippen LogP) is 3.17. The third-order valence-electron chi connectivity index (χ3n) is 2.71. The fourth-order valence-electron chi connectivity index (χ4n) is 2.12. The van der Waals surface area contributed by atoms with Crippen molar-refractivity contribution in [2.75, 3.05) is 6.26 Å². The molecule has 0 aliphatic heterocycles. The maximum Gasteiger partial charge on any atom is 0.00955 e. The molecule has 10 heavy (non-hydrogen) atoms. The molecule has 0 heterocycles. The number of hydrogen-bond donors (Lipinski definition) is 0. The minimum Gasteiger partial charge on any atom is -0.161 e. The molecular weight excluding hydrogens is 140 g/mol. The van der Waals surface area contributed by atoms with Gasteiger partial charge in [-0.15, -0.1) is 0 Å². The third kappa shape index (κ3) is 1.69. The normalized spacial score (nSPS) is 41.7. The SMILES string of the molecule is CSC1C(C)CCCC1C. The second-order valence-corrected chi connectivity index (χ2v) is 4.60. The van der Waals surface area contributed by atoms with E-state index in [9.17, 15) is 0 Å². The molecule has 0 N–H and O–H groups in total. The van der Waals surface area contributed by atoms with Crippen LogP contribution >= 0.6 is 11.8 Å². The third-order valence-corrected chi connectivity index (χ3v) is 4.19. The zero-order chi connectivity index (χ0) is 7.56. The highest BCUT2D eigenvalue weighted by atomic mass is 32.2. The summed E-state index contributed by atoms with van der Waals surface area (Å²) in [6.45, 7) is 4.80. The Hall–Kier alpha value is 0.350. The Kier molecular flexibility index (Phi) is 3.09. The molecule has 0 bridgehead atoms. The molecule has 0 aromatic carbocycles. The molecule has 1 aliphatic rings. The van der Waals surface area contributed by atoms with Gasteiger partial charge < -0.3 is 0 Å². The summed E-state index contributed by atoms with van der Waals surface area (Å²) >= 11 is 2.06. The fraction of sp³-hybridized carbons (Fsp3) is 1.00. The van der Waals surface area contributed by atoms with Crippen LogP contribution in [0.4, 0.5) is 0 Å². The zero-order valence-corrected chi connectivity index (χ0v) is 8.08. The van der Waals surface area contributed by atoms with Crippen molar-refractivity contribution >= 4 is 11.8 Å². The maximum absolute atomic E-state index is 2.40. The molecule has 1 fully saturated rings. The Bertz CT molecular complexity index is 90.9. The van der Waals surface area contributed by atoms with Crippen molar-refractivity contribution in [1.82, 2.24) is 0 Å². The van der Waals surface area contributed by atoms with E-state index in [0.717, 1.165) is 17.1 Å². The summed E-state index contributed by atoms with van der Waals surface area (Å²) in [4.78, 5) is 0. The highest BCUT2D eigenvalue weighted by Gasteiger charge is 2.26. The summed E-state index contributed by atoms with van der Waals surface area (Å²) < 4.78 is 0. The van der Waals surface area contributed by atoms with Gasteiger partial charge in [0.15, 0.2) is 0 Å². The molecule has 2 atom stereocenters. The van der Waals surface area contributed by atoms with Crippen LogP contribution < -0.4 is 0 Å². The first-order valence-corrected chi connectivity index (χ1v) is 5.57. The maximum atomic E-state index is 2.40. The molecule has 0 saturated heterocycles. The van der Waals surface area contributed by atoms with E-state index in [0.29, 0.717) is 0 Å². The summed E-state index contributed by atoms with van der Waals surface area (Å²) in [5.74, 6) is 1.91. The van der Waals surface area contributed by atoms with E-state index in [-0.39, 0.29) is 0 Å². The minimum absolute atomic E-state index is 0.939. The molecule has 0 spiro atoms. The van der Waals surface area contributed by atoms with Crippen LogP contribution in [-0.2, 0) is 0 Å². The molecule has 0 amide bonds. The van der Waals surface area contributed by atoms with Gasteiger partial charge in [-0.1, -0.05) is 20.3 Å². The van der Waals surface area contributed by atoms with Crippen LogP contribution in [0.5, 0.6) is 0 Å². The van der Waals surface area contributed by atoms with Crippen molar-refractivity contribution in [2.45, 2.75) is 38.4 Å². The molecule has 0 aromatic rings. The summed E-state index contributed by atoms with van der Waals surface area (Å²) in [5, 5.41) is 0.939. The molecule has 1 heteroatoms. The lowest BCUT2D eigenvalue weighted by molar-refractivity contribution is 0.314. The van der Waals surface area contributed by atoms with Gasteiger partial charge in [-0.2, -0.15) is 11.8 Å². The lowest BCUT2D eigenvalue weighted by Gasteiger charge is -2.33. The van der Waals surface area contributed by atoms with Crippen LogP contribution in [0.15, 0.2) is 0 Å². The van der Waals surface area contributed by atoms with E-state index >= 15 is 0 Å². The molecule has 0 radical (unpaired) electrons. The van der Waals surface area contributed by atoms with Gasteiger partial charge >= 0.3 is 0 Å². The van der Waals surface area contributed by atoms with E-state index in [1.165, 1.54) is 19.3 Å². The largest absolute Gasteiger partial charge is 0.161 e. The molecule has 0 aromatic heterocycles. The van der Waals surface area contributed by atoms with E-state index in [1.54, 1.807) is 0 Å². The van der Waals surface area contributed by atoms with Gasteiger partial charge in [0.1, 0.15) is 0 Å². The van der Waals surface area contributed by atoms with E-state index in [4.69, 9.17) is 0 Å². The minimum atomic E-state index is 0.939. The average molecular weight is 158 g/mol. The molecule has 0 nitrogen and oxygen atoms in total.